The van der Waals surface area contributed by atoms with Crippen molar-refractivity contribution in [3.63, 3.8) is 0 Å². The molecule has 1 saturated heterocycles. The molecule has 1 heterocycles. The maximum Gasteiger partial charge on any atom is 0.235 e. The van der Waals surface area contributed by atoms with Crippen LogP contribution in [0.15, 0.2) is 29.2 Å². The van der Waals surface area contributed by atoms with Crippen LogP contribution in [0.2, 0.25) is 0 Å². The van der Waals surface area contributed by atoms with E-state index in [9.17, 15) is 4.79 Å². The summed E-state index contributed by atoms with van der Waals surface area (Å²) in [7, 11) is 0. The van der Waals surface area contributed by atoms with Crippen molar-refractivity contribution >= 4 is 17.7 Å². The first-order valence-electron chi connectivity index (χ1n) is 8.00. The molecule has 1 saturated carbocycles. The van der Waals surface area contributed by atoms with Gasteiger partial charge in [-0.1, -0.05) is 12.1 Å². The number of nitrogens with one attached hydrogen (secondary N) is 1. The molecule has 21 heavy (non-hydrogen) atoms. The number of amides is 1. The summed E-state index contributed by atoms with van der Waals surface area (Å²) in [5.41, 5.74) is 1.32. The predicted octanol–water partition coefficient (Wildman–Crippen LogP) is 3.04. The summed E-state index contributed by atoms with van der Waals surface area (Å²) >= 11 is 1.67. The van der Waals surface area contributed by atoms with Crippen molar-refractivity contribution in [3.05, 3.63) is 29.8 Å². The molecule has 114 valence electrons. The van der Waals surface area contributed by atoms with Crippen LogP contribution in [0.5, 0.6) is 0 Å². The lowest BCUT2D eigenvalue weighted by atomic mass is 10.2. The molecule has 1 unspecified atom stereocenters. The van der Waals surface area contributed by atoms with E-state index in [0.717, 1.165) is 38.5 Å². The number of hydrogen-bond donors (Lipinski definition) is 1. The Bertz CT molecular complexity index is 478. The van der Waals surface area contributed by atoms with Gasteiger partial charge in [-0.15, -0.1) is 11.8 Å². The highest BCUT2D eigenvalue weighted by Gasteiger charge is 2.24. The van der Waals surface area contributed by atoms with E-state index in [-0.39, 0.29) is 11.2 Å². The minimum atomic E-state index is 0.0125. The Morgan fingerprint density at radius 3 is 2.57 bits per heavy atom. The molecule has 1 amide bonds. The lowest BCUT2D eigenvalue weighted by molar-refractivity contribution is -0.129. The Labute approximate surface area is 131 Å². The van der Waals surface area contributed by atoms with E-state index in [0.29, 0.717) is 0 Å². The second-order valence-corrected chi connectivity index (χ2v) is 7.51. The van der Waals surface area contributed by atoms with Crippen LogP contribution in [0.4, 0.5) is 0 Å². The summed E-state index contributed by atoms with van der Waals surface area (Å²) in [6.45, 7) is 4.86. The molecule has 1 aromatic carbocycles. The van der Waals surface area contributed by atoms with Crippen LogP contribution in [0, 0.1) is 0 Å². The molecule has 4 heteroatoms. The van der Waals surface area contributed by atoms with Gasteiger partial charge in [-0.25, -0.2) is 0 Å². The van der Waals surface area contributed by atoms with Crippen molar-refractivity contribution in [2.75, 3.05) is 13.1 Å². The molecule has 1 atom stereocenters. The Balaban J connectivity index is 1.50. The molecule has 3 rings (SSSR count). The average Bonchev–Trinajstić information content (AvgIpc) is 3.17. The van der Waals surface area contributed by atoms with Crippen LogP contribution in [0.25, 0.3) is 0 Å². The first kappa shape index (κ1) is 14.9. The third-order valence-corrected chi connectivity index (χ3v) is 5.27. The summed E-state index contributed by atoms with van der Waals surface area (Å²) < 4.78 is 0. The lowest BCUT2D eigenvalue weighted by Gasteiger charge is -2.20. The van der Waals surface area contributed by atoms with E-state index in [1.807, 2.05) is 11.8 Å². The van der Waals surface area contributed by atoms with Gasteiger partial charge >= 0.3 is 0 Å². The summed E-state index contributed by atoms with van der Waals surface area (Å²) in [6.07, 6.45) is 4.96. The second kappa shape index (κ2) is 6.84. The first-order valence-corrected chi connectivity index (χ1v) is 8.88. The molecule has 1 aromatic rings. The molecule has 0 aromatic heterocycles. The van der Waals surface area contributed by atoms with Gasteiger partial charge in [0.25, 0.3) is 0 Å². The van der Waals surface area contributed by atoms with Gasteiger partial charge in [0.1, 0.15) is 0 Å². The Morgan fingerprint density at radius 1 is 1.29 bits per heavy atom. The van der Waals surface area contributed by atoms with E-state index >= 15 is 0 Å². The molecule has 3 nitrogen and oxygen atoms in total. The number of carbonyl (C=O) groups excluding carboxylic acids is 1. The maximum absolute atomic E-state index is 12.3. The zero-order chi connectivity index (χ0) is 14.7. The molecule has 1 aliphatic heterocycles. The fraction of sp³-hybridized carbons (Fsp3) is 0.588. The molecule has 1 N–H and O–H groups in total. The quantitative estimate of drug-likeness (QED) is 0.820. The van der Waals surface area contributed by atoms with E-state index in [4.69, 9.17) is 0 Å². The Hall–Kier alpha value is -1.00. The molecule has 0 spiro atoms. The maximum atomic E-state index is 12.3. The van der Waals surface area contributed by atoms with Crippen LogP contribution in [0.1, 0.15) is 38.2 Å². The van der Waals surface area contributed by atoms with Crippen molar-refractivity contribution in [2.24, 2.45) is 0 Å². The van der Waals surface area contributed by atoms with Crippen LogP contribution < -0.4 is 5.32 Å². The van der Waals surface area contributed by atoms with E-state index < -0.39 is 0 Å². The van der Waals surface area contributed by atoms with Gasteiger partial charge in [-0.2, -0.15) is 0 Å². The second-order valence-electron chi connectivity index (χ2n) is 6.09. The van der Waals surface area contributed by atoms with Crippen molar-refractivity contribution in [3.8, 4) is 0 Å². The number of nitrogens with zero attached hydrogens (tertiary/aromatic N) is 1. The van der Waals surface area contributed by atoms with E-state index in [1.165, 1.54) is 23.3 Å². The van der Waals surface area contributed by atoms with E-state index in [1.54, 1.807) is 11.8 Å². The van der Waals surface area contributed by atoms with Crippen molar-refractivity contribution in [1.82, 2.24) is 10.2 Å². The number of hydrogen-bond acceptors (Lipinski definition) is 3. The molecule has 1 aliphatic carbocycles. The van der Waals surface area contributed by atoms with Gasteiger partial charge < -0.3 is 10.2 Å². The van der Waals surface area contributed by atoms with E-state index in [2.05, 4.69) is 29.6 Å². The van der Waals surface area contributed by atoms with Crippen LogP contribution in [-0.4, -0.2) is 35.2 Å². The smallest absolute Gasteiger partial charge is 0.235 e. The highest BCUT2D eigenvalue weighted by Crippen LogP contribution is 2.26. The summed E-state index contributed by atoms with van der Waals surface area (Å²) in [6, 6.07) is 9.37. The zero-order valence-corrected chi connectivity index (χ0v) is 13.5. The fourth-order valence-electron chi connectivity index (χ4n) is 2.68. The van der Waals surface area contributed by atoms with Gasteiger partial charge in [-0.05, 0) is 50.3 Å². The van der Waals surface area contributed by atoms with Crippen LogP contribution in [0.3, 0.4) is 0 Å². The number of benzene rings is 1. The molecule has 0 bridgehead atoms. The fourth-order valence-corrected chi connectivity index (χ4v) is 3.64. The zero-order valence-electron chi connectivity index (χ0n) is 12.7. The third kappa shape index (κ3) is 4.24. The standard InChI is InChI=1S/C17H24N2OS/c1-13(17(20)19-10-2-3-11-19)21-16-8-4-14(5-9-16)12-18-15-6-7-15/h4-5,8-9,13,15,18H,2-3,6-7,10-12H2,1H3. The molecule has 0 radical (unpaired) electrons. The van der Waals surface area contributed by atoms with Crippen LogP contribution in [-0.2, 0) is 11.3 Å². The highest BCUT2D eigenvalue weighted by atomic mass is 32.2. The largest absolute Gasteiger partial charge is 0.342 e. The number of thioether (sulfide) groups is 1. The minimum Gasteiger partial charge on any atom is -0.342 e. The van der Waals surface area contributed by atoms with Gasteiger partial charge in [0.2, 0.25) is 5.91 Å². The highest BCUT2D eigenvalue weighted by molar-refractivity contribution is 8.00. The molecule has 2 aliphatic rings. The Morgan fingerprint density at radius 2 is 1.95 bits per heavy atom. The number of carbonyl (C=O) groups is 1. The number of rotatable bonds is 6. The summed E-state index contributed by atoms with van der Waals surface area (Å²) in [5.74, 6) is 0.289. The van der Waals surface area contributed by atoms with Crippen molar-refractivity contribution in [1.29, 1.82) is 0 Å². The summed E-state index contributed by atoms with van der Waals surface area (Å²) in [4.78, 5) is 15.5. The monoisotopic (exact) mass is 304 g/mol. The summed E-state index contributed by atoms with van der Waals surface area (Å²) in [5, 5.41) is 3.53. The topological polar surface area (TPSA) is 32.3 Å². The molecule has 2 fully saturated rings. The first-order chi connectivity index (χ1) is 10.2. The van der Waals surface area contributed by atoms with Gasteiger partial charge in [0.15, 0.2) is 0 Å². The van der Waals surface area contributed by atoms with Gasteiger partial charge in [0, 0.05) is 30.6 Å². The van der Waals surface area contributed by atoms with Crippen molar-refractivity contribution < 1.29 is 4.79 Å². The molecular weight excluding hydrogens is 280 g/mol. The Kier molecular flexibility index (Phi) is 4.86. The van der Waals surface area contributed by atoms with Gasteiger partial charge in [0.05, 0.1) is 5.25 Å². The SMILES string of the molecule is CC(Sc1ccc(CNC2CC2)cc1)C(=O)N1CCCC1. The minimum absolute atomic E-state index is 0.0125. The average molecular weight is 304 g/mol. The number of likely N-dealkylation sites (tertiary alicyclic amines) is 1. The lowest BCUT2D eigenvalue weighted by Crippen LogP contribution is -2.33. The predicted molar refractivity (Wildman–Crippen MR) is 87.4 cm³/mol. The normalized spacial score (nSPS) is 19.8. The van der Waals surface area contributed by atoms with Gasteiger partial charge in [-0.3, -0.25) is 4.79 Å². The molecular formula is C17H24N2OS. The third-order valence-electron chi connectivity index (χ3n) is 4.17. The van der Waals surface area contributed by atoms with Crippen molar-refractivity contribution in [2.45, 2.75) is 55.3 Å². The van der Waals surface area contributed by atoms with Crippen LogP contribution >= 0.6 is 11.8 Å².